The van der Waals surface area contributed by atoms with E-state index in [1.54, 1.807) is 24.3 Å². The standard InChI is InChI=1S/C19H22N2O4/c22-12-16(14-7-3-1-4-8-14)20-18(24)11-19(25)21-17(13-23)15-9-5-2-6-10-15/h1-10,16-17,22-23H,11-13H2,(H,20,24)(H,21,25)/t16-,17-/m0/s1. The van der Waals surface area contributed by atoms with Crippen LogP contribution in [0.3, 0.4) is 0 Å². The van der Waals surface area contributed by atoms with Crippen molar-refractivity contribution >= 4 is 11.8 Å². The second-order valence-corrected chi connectivity index (χ2v) is 5.60. The van der Waals surface area contributed by atoms with Crippen molar-refractivity contribution in [3.05, 3.63) is 71.8 Å². The fraction of sp³-hybridized carbons (Fsp3) is 0.263. The van der Waals surface area contributed by atoms with Crippen molar-refractivity contribution in [2.24, 2.45) is 0 Å². The van der Waals surface area contributed by atoms with E-state index in [0.29, 0.717) is 0 Å². The summed E-state index contributed by atoms with van der Waals surface area (Å²) in [4.78, 5) is 24.1. The lowest BCUT2D eigenvalue weighted by Gasteiger charge is -2.18. The van der Waals surface area contributed by atoms with E-state index in [0.717, 1.165) is 11.1 Å². The number of carbonyl (C=O) groups excluding carboxylic acids is 2. The molecule has 0 bridgehead atoms. The Kier molecular flexibility index (Phi) is 7.13. The molecule has 0 aliphatic carbocycles. The molecule has 0 fully saturated rings. The molecule has 0 radical (unpaired) electrons. The smallest absolute Gasteiger partial charge is 0.229 e. The molecular formula is C19H22N2O4. The van der Waals surface area contributed by atoms with Crippen LogP contribution in [0.4, 0.5) is 0 Å². The molecule has 25 heavy (non-hydrogen) atoms. The van der Waals surface area contributed by atoms with Crippen LogP contribution < -0.4 is 10.6 Å². The Balaban J connectivity index is 1.90. The number of aliphatic hydroxyl groups excluding tert-OH is 2. The van der Waals surface area contributed by atoms with Gasteiger partial charge in [0.05, 0.1) is 25.3 Å². The number of benzene rings is 2. The monoisotopic (exact) mass is 342 g/mol. The van der Waals surface area contributed by atoms with Crippen LogP contribution in [-0.2, 0) is 9.59 Å². The fourth-order valence-electron chi connectivity index (χ4n) is 2.48. The molecule has 132 valence electrons. The van der Waals surface area contributed by atoms with Crippen molar-refractivity contribution in [1.29, 1.82) is 0 Å². The molecule has 2 rings (SSSR count). The van der Waals surface area contributed by atoms with Crippen molar-refractivity contribution in [3.8, 4) is 0 Å². The van der Waals surface area contributed by atoms with Gasteiger partial charge >= 0.3 is 0 Å². The Hall–Kier alpha value is -2.70. The largest absolute Gasteiger partial charge is 0.394 e. The third-order valence-corrected chi connectivity index (χ3v) is 3.76. The molecule has 0 aliphatic heterocycles. The molecule has 0 unspecified atom stereocenters. The molecule has 0 heterocycles. The highest BCUT2D eigenvalue weighted by atomic mass is 16.3. The summed E-state index contributed by atoms with van der Waals surface area (Å²) in [5.41, 5.74) is 1.52. The zero-order valence-corrected chi connectivity index (χ0v) is 13.8. The van der Waals surface area contributed by atoms with Crippen LogP contribution >= 0.6 is 0 Å². The highest BCUT2D eigenvalue weighted by Gasteiger charge is 2.18. The number of amides is 2. The van der Waals surface area contributed by atoms with Gasteiger partial charge in [0.25, 0.3) is 0 Å². The average molecular weight is 342 g/mol. The first-order chi connectivity index (χ1) is 12.1. The van der Waals surface area contributed by atoms with Crippen LogP contribution in [0.25, 0.3) is 0 Å². The number of rotatable bonds is 8. The summed E-state index contributed by atoms with van der Waals surface area (Å²) in [5.74, 6) is -0.990. The maximum Gasteiger partial charge on any atom is 0.229 e. The number of hydrogen-bond donors (Lipinski definition) is 4. The van der Waals surface area contributed by atoms with E-state index in [-0.39, 0.29) is 19.6 Å². The minimum Gasteiger partial charge on any atom is -0.394 e. The summed E-state index contributed by atoms with van der Waals surface area (Å²) in [6, 6.07) is 16.9. The second-order valence-electron chi connectivity index (χ2n) is 5.60. The highest BCUT2D eigenvalue weighted by molar-refractivity contribution is 5.97. The molecule has 0 saturated carbocycles. The van der Waals surface area contributed by atoms with E-state index in [9.17, 15) is 19.8 Å². The molecule has 2 amide bonds. The van der Waals surface area contributed by atoms with Gasteiger partial charge in [0.1, 0.15) is 6.42 Å². The van der Waals surface area contributed by atoms with Crippen LogP contribution in [0, 0.1) is 0 Å². The predicted octanol–water partition coefficient (Wildman–Crippen LogP) is 1.08. The molecule has 2 aromatic rings. The Bertz CT molecular complexity index is 617. The van der Waals surface area contributed by atoms with Crippen molar-refractivity contribution in [1.82, 2.24) is 10.6 Å². The number of carbonyl (C=O) groups is 2. The van der Waals surface area contributed by atoms with Gasteiger partial charge in [0.2, 0.25) is 11.8 Å². The Labute approximate surface area is 146 Å². The first-order valence-electron chi connectivity index (χ1n) is 8.04. The maximum absolute atomic E-state index is 12.1. The molecule has 0 spiro atoms. The van der Waals surface area contributed by atoms with Crippen LogP contribution in [0.5, 0.6) is 0 Å². The van der Waals surface area contributed by atoms with Gasteiger partial charge in [-0.2, -0.15) is 0 Å². The topological polar surface area (TPSA) is 98.7 Å². The summed E-state index contributed by atoms with van der Waals surface area (Å²) >= 11 is 0. The summed E-state index contributed by atoms with van der Waals surface area (Å²) in [6.07, 6.45) is -0.382. The van der Waals surface area contributed by atoms with Gasteiger partial charge in [-0.1, -0.05) is 60.7 Å². The van der Waals surface area contributed by atoms with Gasteiger partial charge in [-0.15, -0.1) is 0 Å². The molecule has 0 saturated heterocycles. The third kappa shape index (κ3) is 5.70. The molecule has 4 N–H and O–H groups in total. The number of aliphatic hydroxyl groups is 2. The van der Waals surface area contributed by atoms with E-state index >= 15 is 0 Å². The van der Waals surface area contributed by atoms with Gasteiger partial charge in [-0.05, 0) is 11.1 Å². The van der Waals surface area contributed by atoms with Crippen LogP contribution in [0.2, 0.25) is 0 Å². The van der Waals surface area contributed by atoms with Gasteiger partial charge in [0, 0.05) is 0 Å². The zero-order chi connectivity index (χ0) is 18.1. The first kappa shape index (κ1) is 18.6. The second kappa shape index (κ2) is 9.56. The van der Waals surface area contributed by atoms with Crippen LogP contribution in [0.1, 0.15) is 29.6 Å². The summed E-state index contributed by atoms with van der Waals surface area (Å²) in [6.45, 7) is -0.526. The molecular weight excluding hydrogens is 320 g/mol. The minimum atomic E-state index is -0.565. The van der Waals surface area contributed by atoms with Crippen LogP contribution in [-0.4, -0.2) is 35.2 Å². The molecule has 0 aliphatic rings. The van der Waals surface area contributed by atoms with Gasteiger partial charge in [-0.25, -0.2) is 0 Å². The lowest BCUT2D eigenvalue weighted by atomic mass is 10.1. The molecule has 2 atom stereocenters. The zero-order valence-electron chi connectivity index (χ0n) is 13.8. The average Bonchev–Trinajstić information content (AvgIpc) is 2.65. The first-order valence-corrected chi connectivity index (χ1v) is 8.04. The molecule has 0 aromatic heterocycles. The number of hydrogen-bond acceptors (Lipinski definition) is 4. The van der Waals surface area contributed by atoms with Gasteiger partial charge < -0.3 is 20.8 Å². The minimum absolute atomic E-state index is 0.263. The normalized spacial score (nSPS) is 12.9. The Morgan fingerprint density at radius 2 is 1.08 bits per heavy atom. The summed E-state index contributed by atoms with van der Waals surface area (Å²) in [5, 5.41) is 24.2. The SMILES string of the molecule is O=C(CC(=O)N[C@@H](CO)c1ccccc1)N[C@@H](CO)c1ccccc1. The summed E-state index contributed by atoms with van der Waals surface area (Å²) in [7, 11) is 0. The lowest BCUT2D eigenvalue weighted by Crippen LogP contribution is -2.37. The molecule has 6 nitrogen and oxygen atoms in total. The maximum atomic E-state index is 12.1. The van der Waals surface area contributed by atoms with E-state index in [1.165, 1.54) is 0 Å². The van der Waals surface area contributed by atoms with Crippen molar-refractivity contribution in [3.63, 3.8) is 0 Å². The van der Waals surface area contributed by atoms with Crippen molar-refractivity contribution in [2.75, 3.05) is 13.2 Å². The van der Waals surface area contributed by atoms with E-state index in [1.807, 2.05) is 36.4 Å². The van der Waals surface area contributed by atoms with Crippen LogP contribution in [0.15, 0.2) is 60.7 Å². The van der Waals surface area contributed by atoms with E-state index < -0.39 is 23.9 Å². The third-order valence-electron chi connectivity index (χ3n) is 3.76. The molecule has 6 heteroatoms. The van der Waals surface area contributed by atoms with Gasteiger partial charge in [0.15, 0.2) is 0 Å². The quantitative estimate of drug-likeness (QED) is 0.540. The Morgan fingerprint density at radius 1 is 0.720 bits per heavy atom. The van der Waals surface area contributed by atoms with Gasteiger partial charge in [-0.3, -0.25) is 9.59 Å². The molecule has 2 aromatic carbocycles. The Morgan fingerprint density at radius 3 is 1.40 bits per heavy atom. The van der Waals surface area contributed by atoms with Crippen molar-refractivity contribution in [2.45, 2.75) is 18.5 Å². The fourth-order valence-corrected chi connectivity index (χ4v) is 2.48. The van der Waals surface area contributed by atoms with Crippen molar-refractivity contribution < 1.29 is 19.8 Å². The van der Waals surface area contributed by atoms with E-state index in [4.69, 9.17) is 0 Å². The summed E-state index contributed by atoms with van der Waals surface area (Å²) < 4.78 is 0. The lowest BCUT2D eigenvalue weighted by molar-refractivity contribution is -0.130. The predicted molar refractivity (Wildman–Crippen MR) is 93.4 cm³/mol. The highest BCUT2D eigenvalue weighted by Crippen LogP contribution is 2.13. The number of nitrogens with one attached hydrogen (secondary N) is 2. The van der Waals surface area contributed by atoms with E-state index in [2.05, 4.69) is 10.6 Å².